The number of hydrogen-bond donors (Lipinski definition) is 1. The van der Waals surface area contributed by atoms with Crippen LogP contribution in [0.2, 0.25) is 0 Å². The molecular formula is C14H28ClN3O2. The molecule has 0 spiro atoms. The Balaban J connectivity index is 0.00000361. The molecule has 0 radical (unpaired) electrons. The van der Waals surface area contributed by atoms with Crippen molar-refractivity contribution in [2.75, 3.05) is 40.3 Å². The van der Waals surface area contributed by atoms with E-state index in [4.69, 9.17) is 0 Å². The third-order valence-corrected chi connectivity index (χ3v) is 3.66. The summed E-state index contributed by atoms with van der Waals surface area (Å²) in [6.45, 7) is 4.93. The molecule has 0 aromatic carbocycles. The molecular weight excluding hydrogens is 278 g/mol. The predicted octanol–water partition coefficient (Wildman–Crippen LogP) is 1.12. The van der Waals surface area contributed by atoms with Crippen LogP contribution in [0.25, 0.3) is 0 Å². The van der Waals surface area contributed by atoms with Crippen LogP contribution in [0.3, 0.4) is 0 Å². The van der Waals surface area contributed by atoms with E-state index in [1.165, 1.54) is 0 Å². The lowest BCUT2D eigenvalue weighted by molar-refractivity contribution is -0.140. The van der Waals surface area contributed by atoms with E-state index < -0.39 is 0 Å². The average Bonchev–Trinajstić information content (AvgIpc) is 2.44. The minimum Gasteiger partial charge on any atom is -0.344 e. The molecule has 1 aliphatic rings. The number of carbonyl (C=O) groups excluding carboxylic acids is 2. The van der Waals surface area contributed by atoms with Crippen molar-refractivity contribution in [3.8, 4) is 0 Å². The van der Waals surface area contributed by atoms with Crippen molar-refractivity contribution in [2.45, 2.75) is 32.6 Å². The van der Waals surface area contributed by atoms with Crippen LogP contribution in [0.15, 0.2) is 0 Å². The largest absolute Gasteiger partial charge is 0.344 e. The second-order valence-corrected chi connectivity index (χ2v) is 5.29. The monoisotopic (exact) mass is 305 g/mol. The molecule has 1 N–H and O–H groups in total. The molecule has 5 nitrogen and oxygen atoms in total. The van der Waals surface area contributed by atoms with Crippen molar-refractivity contribution in [2.24, 2.45) is 5.92 Å². The van der Waals surface area contributed by atoms with Crippen LogP contribution in [0, 0.1) is 5.92 Å². The van der Waals surface area contributed by atoms with Crippen molar-refractivity contribution in [3.05, 3.63) is 0 Å². The first-order valence-electron chi connectivity index (χ1n) is 7.27. The zero-order chi connectivity index (χ0) is 14.3. The van der Waals surface area contributed by atoms with Gasteiger partial charge in [0.25, 0.3) is 0 Å². The first-order valence-corrected chi connectivity index (χ1v) is 7.27. The maximum absolute atomic E-state index is 12.3. The smallest absolute Gasteiger partial charge is 0.227 e. The fourth-order valence-corrected chi connectivity index (χ4v) is 2.48. The van der Waals surface area contributed by atoms with E-state index in [1.807, 2.05) is 25.9 Å². The summed E-state index contributed by atoms with van der Waals surface area (Å²) in [5.74, 6) is 0.346. The van der Waals surface area contributed by atoms with Crippen molar-refractivity contribution in [1.29, 1.82) is 0 Å². The highest BCUT2D eigenvalue weighted by molar-refractivity contribution is 5.85. The summed E-state index contributed by atoms with van der Waals surface area (Å²) in [5, 5.41) is 3.04. The number of likely N-dealkylation sites (tertiary alicyclic amines) is 1. The van der Waals surface area contributed by atoms with Gasteiger partial charge >= 0.3 is 0 Å². The number of piperidine rings is 1. The molecule has 20 heavy (non-hydrogen) atoms. The number of halogens is 1. The average molecular weight is 306 g/mol. The number of hydrogen-bond acceptors (Lipinski definition) is 3. The Morgan fingerprint density at radius 2 is 2.10 bits per heavy atom. The van der Waals surface area contributed by atoms with Gasteiger partial charge in [0.15, 0.2) is 0 Å². The van der Waals surface area contributed by atoms with Gasteiger partial charge in [-0.25, -0.2) is 0 Å². The van der Waals surface area contributed by atoms with E-state index >= 15 is 0 Å². The van der Waals surface area contributed by atoms with Gasteiger partial charge in [-0.15, -0.1) is 12.4 Å². The van der Waals surface area contributed by atoms with Gasteiger partial charge in [0, 0.05) is 39.6 Å². The lowest BCUT2D eigenvalue weighted by atomic mass is 9.96. The Kier molecular flexibility index (Phi) is 9.59. The second kappa shape index (κ2) is 10.00. The Morgan fingerprint density at radius 3 is 2.70 bits per heavy atom. The third kappa shape index (κ3) is 5.67. The number of rotatable bonds is 6. The van der Waals surface area contributed by atoms with Crippen LogP contribution in [0.5, 0.6) is 0 Å². The Morgan fingerprint density at radius 1 is 1.40 bits per heavy atom. The topological polar surface area (TPSA) is 52.7 Å². The molecule has 1 rings (SSSR count). The fourth-order valence-electron chi connectivity index (χ4n) is 2.48. The lowest BCUT2D eigenvalue weighted by Crippen LogP contribution is -2.46. The molecule has 1 unspecified atom stereocenters. The van der Waals surface area contributed by atoms with Crippen molar-refractivity contribution in [3.63, 3.8) is 0 Å². The van der Waals surface area contributed by atoms with Crippen molar-refractivity contribution >= 4 is 24.2 Å². The Labute approximate surface area is 128 Å². The lowest BCUT2D eigenvalue weighted by Gasteiger charge is -2.34. The van der Waals surface area contributed by atoms with Gasteiger partial charge in [-0.2, -0.15) is 0 Å². The van der Waals surface area contributed by atoms with Crippen LogP contribution >= 0.6 is 12.4 Å². The van der Waals surface area contributed by atoms with Crippen LogP contribution in [0.1, 0.15) is 32.6 Å². The first-order chi connectivity index (χ1) is 9.10. The fraction of sp³-hybridized carbons (Fsp3) is 0.857. The summed E-state index contributed by atoms with van der Waals surface area (Å²) in [4.78, 5) is 27.8. The first kappa shape index (κ1) is 19.2. The molecule has 1 atom stereocenters. The molecule has 1 saturated heterocycles. The number of carbonyl (C=O) groups is 2. The summed E-state index contributed by atoms with van der Waals surface area (Å²) >= 11 is 0. The second-order valence-electron chi connectivity index (χ2n) is 5.29. The Bertz CT molecular complexity index is 313. The van der Waals surface area contributed by atoms with Crippen LogP contribution in [-0.4, -0.2) is 61.9 Å². The molecule has 0 aliphatic carbocycles. The van der Waals surface area contributed by atoms with Crippen molar-refractivity contribution < 1.29 is 9.59 Å². The van der Waals surface area contributed by atoms with Crippen molar-refractivity contribution in [1.82, 2.24) is 15.1 Å². The highest BCUT2D eigenvalue weighted by atomic mass is 35.5. The molecule has 6 heteroatoms. The maximum Gasteiger partial charge on any atom is 0.227 e. The molecule has 118 valence electrons. The van der Waals surface area contributed by atoms with Gasteiger partial charge in [-0.05, 0) is 26.3 Å². The molecule has 0 bridgehead atoms. The Hall–Kier alpha value is -0.810. The van der Waals surface area contributed by atoms with Gasteiger partial charge in [-0.3, -0.25) is 9.59 Å². The van der Waals surface area contributed by atoms with E-state index in [9.17, 15) is 9.59 Å². The number of nitrogens with one attached hydrogen (secondary N) is 1. The van der Waals surface area contributed by atoms with Gasteiger partial charge in [0.05, 0.1) is 5.92 Å². The van der Waals surface area contributed by atoms with E-state index in [0.29, 0.717) is 13.0 Å². The van der Waals surface area contributed by atoms with Crippen LogP contribution in [-0.2, 0) is 9.59 Å². The number of likely N-dealkylation sites (N-methyl/N-ethyl adjacent to an activating group) is 2. The van der Waals surface area contributed by atoms with Gasteiger partial charge in [-0.1, -0.05) is 6.92 Å². The van der Waals surface area contributed by atoms with Gasteiger partial charge in [0.2, 0.25) is 11.8 Å². The molecule has 1 heterocycles. The normalized spacial score (nSPS) is 18.4. The van der Waals surface area contributed by atoms with Gasteiger partial charge in [0.1, 0.15) is 0 Å². The summed E-state index contributed by atoms with van der Waals surface area (Å²) < 4.78 is 0. The van der Waals surface area contributed by atoms with Gasteiger partial charge < -0.3 is 15.1 Å². The number of nitrogens with zero attached hydrogens (tertiary/aromatic N) is 2. The zero-order valence-corrected chi connectivity index (χ0v) is 13.7. The zero-order valence-electron chi connectivity index (χ0n) is 12.9. The van der Waals surface area contributed by atoms with Crippen LogP contribution < -0.4 is 5.32 Å². The molecule has 2 amide bonds. The summed E-state index contributed by atoms with van der Waals surface area (Å²) in [6.07, 6.45) is 3.30. The minimum atomic E-state index is -0.0172. The van der Waals surface area contributed by atoms with E-state index in [0.717, 1.165) is 38.9 Å². The van der Waals surface area contributed by atoms with Crippen LogP contribution in [0.4, 0.5) is 0 Å². The highest BCUT2D eigenvalue weighted by Crippen LogP contribution is 2.19. The molecule has 0 aromatic rings. The quantitative estimate of drug-likeness (QED) is 0.800. The third-order valence-electron chi connectivity index (χ3n) is 3.66. The van der Waals surface area contributed by atoms with E-state index in [2.05, 4.69) is 5.32 Å². The molecule has 1 fully saturated rings. The standard InChI is InChI=1S/C14H27N3O2.ClH/c1-4-6-13(18)17-9-5-7-12(11-17)14(19)16(3)10-8-15-2;/h12,15H,4-11H2,1-3H3;1H. The van der Waals surface area contributed by atoms with E-state index in [-0.39, 0.29) is 30.1 Å². The SMILES string of the molecule is CCCC(=O)N1CCCC(C(=O)N(C)CCNC)C1.Cl. The minimum absolute atomic E-state index is 0. The summed E-state index contributed by atoms with van der Waals surface area (Å²) in [5.41, 5.74) is 0. The maximum atomic E-state index is 12.3. The number of amides is 2. The molecule has 0 aromatic heterocycles. The highest BCUT2D eigenvalue weighted by Gasteiger charge is 2.29. The predicted molar refractivity (Wildman–Crippen MR) is 83.0 cm³/mol. The van der Waals surface area contributed by atoms with E-state index in [1.54, 1.807) is 4.90 Å². The summed E-state index contributed by atoms with van der Waals surface area (Å²) in [6, 6.07) is 0. The molecule has 1 aliphatic heterocycles. The summed E-state index contributed by atoms with van der Waals surface area (Å²) in [7, 11) is 3.72. The molecule has 0 saturated carbocycles.